The Hall–Kier alpha value is -4.44. The first-order valence-corrected chi connectivity index (χ1v) is 13.8. The molecule has 17 heteroatoms. The van der Waals surface area contributed by atoms with Gasteiger partial charge in [0.1, 0.15) is 0 Å². The van der Waals surface area contributed by atoms with E-state index in [2.05, 4.69) is 45.9 Å². The number of aryl methyl sites for hydroxylation is 1. The second-order valence-electron chi connectivity index (χ2n) is 10.2. The van der Waals surface area contributed by atoms with Crippen molar-refractivity contribution in [3.63, 3.8) is 0 Å². The van der Waals surface area contributed by atoms with Gasteiger partial charge in [-0.05, 0) is 66.9 Å². The third-order valence-corrected chi connectivity index (χ3v) is 7.89. The lowest BCUT2D eigenvalue weighted by Gasteiger charge is -2.35. The summed E-state index contributed by atoms with van der Waals surface area (Å²) in [6, 6.07) is 8.55. The zero-order valence-electron chi connectivity index (χ0n) is 23.2. The molecule has 1 saturated heterocycles. The fourth-order valence-corrected chi connectivity index (χ4v) is 5.41. The molecule has 1 amide bonds. The van der Waals surface area contributed by atoms with Crippen molar-refractivity contribution in [1.29, 1.82) is 0 Å². The lowest BCUT2D eigenvalue weighted by Crippen LogP contribution is -2.48. The third kappa shape index (κ3) is 5.79. The molecule has 1 aliphatic heterocycles. The Morgan fingerprint density at radius 2 is 1.81 bits per heavy atom. The maximum atomic E-state index is 13.3. The summed E-state index contributed by atoms with van der Waals surface area (Å²) in [4.78, 5) is 17.2. The molecule has 0 aliphatic carbocycles. The van der Waals surface area contributed by atoms with Crippen LogP contribution in [-0.2, 0) is 23.9 Å². The monoisotopic (exact) mass is 614 g/mol. The van der Waals surface area contributed by atoms with E-state index >= 15 is 0 Å². The zero-order valence-corrected chi connectivity index (χ0v) is 23.9. The van der Waals surface area contributed by atoms with Crippen molar-refractivity contribution in [3.8, 4) is 17.2 Å². The molecule has 1 aliphatic rings. The van der Waals surface area contributed by atoms with Crippen molar-refractivity contribution in [2.75, 3.05) is 26.2 Å². The van der Waals surface area contributed by atoms with Gasteiger partial charge in [-0.25, -0.2) is 4.68 Å². The summed E-state index contributed by atoms with van der Waals surface area (Å²) in [5.74, 6) is -0.498. The van der Waals surface area contributed by atoms with Crippen LogP contribution in [0.5, 0.6) is 0 Å². The topological polar surface area (TPSA) is 139 Å². The highest BCUT2D eigenvalue weighted by atomic mass is 35.5. The fraction of sp³-hybridized carbons (Fsp3) is 0.385. The minimum atomic E-state index is -4.70. The number of benzene rings is 1. The Labute approximate surface area is 247 Å². The van der Waals surface area contributed by atoms with Gasteiger partial charge in [0.25, 0.3) is 5.82 Å². The predicted molar refractivity (Wildman–Crippen MR) is 147 cm³/mol. The van der Waals surface area contributed by atoms with E-state index in [0.717, 1.165) is 16.7 Å². The molecule has 224 valence electrons. The summed E-state index contributed by atoms with van der Waals surface area (Å²) in [5.41, 5.74) is 3.96. The first kappa shape index (κ1) is 28.7. The summed E-state index contributed by atoms with van der Waals surface area (Å²) in [6.07, 6.45) is -3.98. The average Bonchev–Trinajstić information content (AvgIpc) is 3.73. The molecule has 6 rings (SSSR count). The van der Waals surface area contributed by atoms with Crippen molar-refractivity contribution in [1.82, 2.24) is 60.0 Å². The maximum absolute atomic E-state index is 13.3. The van der Waals surface area contributed by atoms with Crippen LogP contribution >= 0.6 is 11.6 Å². The predicted octanol–water partition coefficient (Wildman–Crippen LogP) is 3.06. The quantitative estimate of drug-likeness (QED) is 0.293. The number of nitrogens with one attached hydrogen (secondary N) is 1. The largest absolute Gasteiger partial charge is 0.453 e. The number of fused-ring (bicyclic) bond motifs is 1. The van der Waals surface area contributed by atoms with Crippen molar-refractivity contribution < 1.29 is 18.0 Å². The van der Waals surface area contributed by atoms with E-state index in [1.165, 1.54) is 16.8 Å². The molecule has 1 aromatic carbocycles. The minimum Gasteiger partial charge on any atom is -0.340 e. The SMILES string of the molecule is Cc1nn(-c2ccc3nnc(C(F)(F)F)n3n2)c(C)c1CCC(=O)N1CCN(Cc2cc(-c3nn[nH]n3)ccc2Cl)CC1. The number of hydrogen-bond acceptors (Lipinski definition) is 9. The van der Waals surface area contributed by atoms with Crippen LogP contribution in [0.2, 0.25) is 5.02 Å². The molecule has 0 bridgehead atoms. The van der Waals surface area contributed by atoms with Crippen LogP contribution in [0, 0.1) is 13.8 Å². The van der Waals surface area contributed by atoms with E-state index < -0.39 is 12.0 Å². The number of aromatic amines is 1. The number of hydrogen-bond donors (Lipinski definition) is 1. The molecule has 5 heterocycles. The Kier molecular flexibility index (Phi) is 7.56. The van der Waals surface area contributed by atoms with Gasteiger partial charge in [-0.15, -0.1) is 25.5 Å². The number of carbonyl (C=O) groups excluding carboxylic acids is 1. The summed E-state index contributed by atoms with van der Waals surface area (Å²) >= 11 is 6.45. The Morgan fingerprint density at radius 1 is 1.02 bits per heavy atom. The standard InChI is InChI=1S/C26H26ClF3N12O/c1-15-19(16(2)41(35-15)22-7-6-21-31-34-25(26(28,29)30)42(21)36-22)4-8-23(43)40-11-9-39(10-12-40)14-18-13-17(3-5-20(18)27)24-32-37-38-33-24/h3,5-7,13H,4,8-12,14H2,1-2H3,(H,32,33,37,38). The van der Waals surface area contributed by atoms with Crippen LogP contribution < -0.4 is 0 Å². The minimum absolute atomic E-state index is 0.0241. The summed E-state index contributed by atoms with van der Waals surface area (Å²) in [7, 11) is 0. The average molecular weight is 615 g/mol. The number of nitrogens with zero attached hydrogens (tertiary/aromatic N) is 11. The van der Waals surface area contributed by atoms with Crippen LogP contribution in [0.3, 0.4) is 0 Å². The normalized spacial score (nSPS) is 14.6. The van der Waals surface area contributed by atoms with Crippen molar-refractivity contribution >= 4 is 23.2 Å². The third-order valence-electron chi connectivity index (χ3n) is 7.52. The molecule has 5 aromatic rings. The van der Waals surface area contributed by atoms with E-state index in [4.69, 9.17) is 11.6 Å². The number of rotatable bonds is 7. The van der Waals surface area contributed by atoms with Gasteiger partial charge in [-0.3, -0.25) is 9.69 Å². The summed E-state index contributed by atoms with van der Waals surface area (Å²) < 4.78 is 42.1. The highest BCUT2D eigenvalue weighted by molar-refractivity contribution is 6.31. The van der Waals surface area contributed by atoms with E-state index in [-0.39, 0.29) is 23.8 Å². The maximum Gasteiger partial charge on any atom is 0.453 e. The van der Waals surface area contributed by atoms with Crippen LogP contribution in [0.4, 0.5) is 13.2 Å². The van der Waals surface area contributed by atoms with Gasteiger partial charge >= 0.3 is 6.18 Å². The number of alkyl halides is 3. The highest BCUT2D eigenvalue weighted by Crippen LogP contribution is 2.28. The Morgan fingerprint density at radius 3 is 2.53 bits per heavy atom. The number of piperazine rings is 1. The second-order valence-corrected chi connectivity index (χ2v) is 10.6. The number of H-pyrrole nitrogens is 1. The van der Waals surface area contributed by atoms with Crippen molar-refractivity contribution in [2.45, 2.75) is 39.4 Å². The van der Waals surface area contributed by atoms with Gasteiger partial charge in [0.2, 0.25) is 11.7 Å². The molecule has 1 N–H and O–H groups in total. The van der Waals surface area contributed by atoms with Crippen LogP contribution in [0.25, 0.3) is 22.9 Å². The molecule has 13 nitrogen and oxygen atoms in total. The highest BCUT2D eigenvalue weighted by Gasteiger charge is 2.38. The zero-order chi connectivity index (χ0) is 30.3. The van der Waals surface area contributed by atoms with Crippen LogP contribution in [0.1, 0.15) is 34.8 Å². The summed E-state index contributed by atoms with van der Waals surface area (Å²) in [6.45, 7) is 6.80. The first-order chi connectivity index (χ1) is 20.6. The number of halogens is 4. The van der Waals surface area contributed by atoms with Gasteiger partial charge in [-0.2, -0.15) is 28.0 Å². The molecule has 0 spiro atoms. The second kappa shape index (κ2) is 11.3. The van der Waals surface area contributed by atoms with E-state index in [9.17, 15) is 18.0 Å². The van der Waals surface area contributed by atoms with Gasteiger partial charge < -0.3 is 4.90 Å². The Bertz CT molecular complexity index is 1770. The molecular weight excluding hydrogens is 589 g/mol. The molecule has 0 unspecified atom stereocenters. The van der Waals surface area contributed by atoms with E-state index in [1.807, 2.05) is 23.1 Å². The van der Waals surface area contributed by atoms with Gasteiger partial charge in [0.15, 0.2) is 11.5 Å². The Balaban J connectivity index is 1.07. The number of carbonyl (C=O) groups is 1. The van der Waals surface area contributed by atoms with Crippen molar-refractivity contribution in [2.24, 2.45) is 0 Å². The molecule has 0 saturated carbocycles. The van der Waals surface area contributed by atoms with Crippen LogP contribution in [-0.4, -0.2) is 92.1 Å². The van der Waals surface area contributed by atoms with Crippen molar-refractivity contribution in [3.05, 3.63) is 63.7 Å². The lowest BCUT2D eigenvalue weighted by atomic mass is 10.1. The molecule has 43 heavy (non-hydrogen) atoms. The van der Waals surface area contributed by atoms with Gasteiger partial charge in [-0.1, -0.05) is 11.6 Å². The molecule has 4 aromatic heterocycles. The number of amides is 1. The fourth-order valence-electron chi connectivity index (χ4n) is 5.23. The molecular formula is C26H26ClF3N12O. The smallest absolute Gasteiger partial charge is 0.340 e. The lowest BCUT2D eigenvalue weighted by molar-refractivity contribution is -0.146. The first-order valence-electron chi connectivity index (χ1n) is 13.5. The molecule has 0 radical (unpaired) electrons. The van der Waals surface area contributed by atoms with Gasteiger partial charge in [0.05, 0.1) is 5.69 Å². The molecule has 0 atom stereocenters. The number of tetrazole rings is 1. The van der Waals surface area contributed by atoms with E-state index in [1.54, 1.807) is 13.8 Å². The summed E-state index contributed by atoms with van der Waals surface area (Å²) in [5, 5.41) is 30.1. The number of aromatic nitrogens is 10. The molecule has 1 fully saturated rings. The van der Waals surface area contributed by atoms with Crippen LogP contribution in [0.15, 0.2) is 30.3 Å². The van der Waals surface area contributed by atoms with Gasteiger partial charge in [0, 0.05) is 55.4 Å². The van der Waals surface area contributed by atoms with E-state index in [0.29, 0.717) is 65.9 Å².